The molecule has 0 fully saturated rings. The third-order valence-corrected chi connectivity index (χ3v) is 3.09. The highest BCUT2D eigenvalue weighted by Gasteiger charge is 2.06. The van der Waals surface area contributed by atoms with Crippen molar-refractivity contribution in [3.63, 3.8) is 0 Å². The van der Waals surface area contributed by atoms with Gasteiger partial charge in [-0.15, -0.1) is 0 Å². The smallest absolute Gasteiger partial charge is 0.271 e. The number of hydrogen-bond acceptors (Lipinski definition) is 3. The summed E-state index contributed by atoms with van der Waals surface area (Å²) in [5, 5.41) is 3.17. The SMILES string of the molecule is CCc1ccccc1CNc1nc[nH]c(=O)c1Cl. The summed E-state index contributed by atoms with van der Waals surface area (Å²) in [6.07, 6.45) is 2.30. The average molecular weight is 264 g/mol. The zero-order valence-corrected chi connectivity index (χ0v) is 10.8. The molecule has 1 heterocycles. The number of hydrogen-bond donors (Lipinski definition) is 2. The van der Waals surface area contributed by atoms with Gasteiger partial charge in [-0.05, 0) is 17.5 Å². The Morgan fingerprint density at radius 1 is 1.33 bits per heavy atom. The van der Waals surface area contributed by atoms with E-state index in [9.17, 15) is 4.79 Å². The maximum absolute atomic E-state index is 11.3. The summed E-state index contributed by atoms with van der Waals surface area (Å²) in [6, 6.07) is 8.14. The Morgan fingerprint density at radius 2 is 2.06 bits per heavy atom. The molecule has 4 nitrogen and oxygen atoms in total. The number of nitrogens with zero attached hydrogens (tertiary/aromatic N) is 1. The molecule has 0 radical (unpaired) electrons. The molecule has 5 heteroatoms. The van der Waals surface area contributed by atoms with Gasteiger partial charge in [0.05, 0.1) is 6.33 Å². The van der Waals surface area contributed by atoms with E-state index in [2.05, 4.69) is 28.3 Å². The second kappa shape index (κ2) is 5.69. The zero-order valence-electron chi connectivity index (χ0n) is 10.0. The van der Waals surface area contributed by atoms with E-state index in [4.69, 9.17) is 11.6 Å². The molecule has 2 N–H and O–H groups in total. The van der Waals surface area contributed by atoms with Gasteiger partial charge in [0.2, 0.25) is 0 Å². The van der Waals surface area contributed by atoms with Gasteiger partial charge in [0.25, 0.3) is 5.56 Å². The summed E-state index contributed by atoms with van der Waals surface area (Å²) in [5.41, 5.74) is 2.11. The van der Waals surface area contributed by atoms with Gasteiger partial charge in [-0.3, -0.25) is 4.79 Å². The van der Waals surface area contributed by atoms with Crippen LogP contribution in [0.3, 0.4) is 0 Å². The minimum absolute atomic E-state index is 0.0893. The highest BCUT2D eigenvalue weighted by molar-refractivity contribution is 6.32. The molecule has 1 aromatic carbocycles. The molecule has 0 atom stereocenters. The van der Waals surface area contributed by atoms with Crippen molar-refractivity contribution in [2.75, 3.05) is 5.32 Å². The molecule has 0 bridgehead atoms. The molecule has 0 aliphatic heterocycles. The quantitative estimate of drug-likeness (QED) is 0.891. The highest BCUT2D eigenvalue weighted by atomic mass is 35.5. The maximum atomic E-state index is 11.3. The first-order chi connectivity index (χ1) is 8.72. The fraction of sp³-hybridized carbons (Fsp3) is 0.231. The Morgan fingerprint density at radius 3 is 2.78 bits per heavy atom. The lowest BCUT2D eigenvalue weighted by Crippen LogP contribution is -2.12. The molecule has 0 saturated heterocycles. The second-order valence-corrected chi connectivity index (χ2v) is 4.25. The van der Waals surface area contributed by atoms with Crippen LogP contribution in [-0.2, 0) is 13.0 Å². The summed E-state index contributed by atoms with van der Waals surface area (Å²) in [7, 11) is 0. The highest BCUT2D eigenvalue weighted by Crippen LogP contribution is 2.15. The van der Waals surface area contributed by atoms with E-state index in [1.165, 1.54) is 17.5 Å². The molecule has 2 rings (SSSR count). The summed E-state index contributed by atoms with van der Waals surface area (Å²) in [4.78, 5) is 17.7. The Balaban J connectivity index is 2.16. The first-order valence-electron chi connectivity index (χ1n) is 5.76. The minimum Gasteiger partial charge on any atom is -0.365 e. The Kier molecular flexibility index (Phi) is 3.99. The topological polar surface area (TPSA) is 57.8 Å². The number of rotatable bonds is 4. The van der Waals surface area contributed by atoms with Gasteiger partial charge in [-0.1, -0.05) is 42.8 Å². The third kappa shape index (κ3) is 2.71. The third-order valence-electron chi connectivity index (χ3n) is 2.74. The molecular formula is C13H14ClN3O. The molecule has 1 aromatic heterocycles. The van der Waals surface area contributed by atoms with Crippen LogP contribution in [0.4, 0.5) is 5.82 Å². The van der Waals surface area contributed by atoms with Crippen LogP contribution >= 0.6 is 11.6 Å². The van der Waals surface area contributed by atoms with Gasteiger partial charge in [0.1, 0.15) is 5.02 Å². The van der Waals surface area contributed by atoms with Crippen molar-refractivity contribution >= 4 is 17.4 Å². The minimum atomic E-state index is -0.335. The van der Waals surface area contributed by atoms with Crippen molar-refractivity contribution in [3.8, 4) is 0 Å². The van der Waals surface area contributed by atoms with E-state index in [1.54, 1.807) is 0 Å². The van der Waals surface area contributed by atoms with Crippen LogP contribution in [0.2, 0.25) is 5.02 Å². The number of anilines is 1. The van der Waals surface area contributed by atoms with E-state index in [-0.39, 0.29) is 10.6 Å². The predicted octanol–water partition coefficient (Wildman–Crippen LogP) is 2.60. The number of benzene rings is 1. The fourth-order valence-electron chi connectivity index (χ4n) is 1.76. The van der Waals surface area contributed by atoms with E-state index in [0.29, 0.717) is 12.4 Å². The van der Waals surface area contributed by atoms with E-state index in [0.717, 1.165) is 6.42 Å². The molecule has 0 aliphatic carbocycles. The lowest BCUT2D eigenvalue weighted by Gasteiger charge is -2.10. The van der Waals surface area contributed by atoms with Crippen molar-refractivity contribution in [1.82, 2.24) is 9.97 Å². The summed E-state index contributed by atoms with van der Waals surface area (Å²) in [5.74, 6) is 0.409. The van der Waals surface area contributed by atoms with Gasteiger partial charge in [-0.25, -0.2) is 4.98 Å². The van der Waals surface area contributed by atoms with Gasteiger partial charge in [-0.2, -0.15) is 0 Å². The summed E-state index contributed by atoms with van der Waals surface area (Å²) in [6.45, 7) is 2.71. The van der Waals surface area contributed by atoms with Gasteiger partial charge < -0.3 is 10.3 Å². The predicted molar refractivity (Wildman–Crippen MR) is 73.0 cm³/mol. The Bertz CT molecular complexity index is 595. The summed E-state index contributed by atoms with van der Waals surface area (Å²) >= 11 is 5.86. The van der Waals surface area contributed by atoms with Crippen LogP contribution in [0.15, 0.2) is 35.4 Å². The first-order valence-corrected chi connectivity index (χ1v) is 6.14. The number of aryl methyl sites for hydroxylation is 1. The second-order valence-electron chi connectivity index (χ2n) is 3.87. The molecule has 0 amide bonds. The van der Waals surface area contributed by atoms with Crippen molar-refractivity contribution in [3.05, 3.63) is 57.1 Å². The molecule has 18 heavy (non-hydrogen) atoms. The van der Waals surface area contributed by atoms with Gasteiger partial charge in [0.15, 0.2) is 5.82 Å². The molecule has 94 valence electrons. The van der Waals surface area contributed by atoms with Crippen LogP contribution < -0.4 is 10.9 Å². The van der Waals surface area contributed by atoms with E-state index >= 15 is 0 Å². The molecular weight excluding hydrogens is 250 g/mol. The number of H-pyrrole nitrogens is 1. The molecule has 0 unspecified atom stereocenters. The van der Waals surface area contributed by atoms with Crippen LogP contribution in [-0.4, -0.2) is 9.97 Å². The monoisotopic (exact) mass is 263 g/mol. The molecule has 0 spiro atoms. The van der Waals surface area contributed by atoms with Crippen LogP contribution in [0.5, 0.6) is 0 Å². The van der Waals surface area contributed by atoms with Gasteiger partial charge >= 0.3 is 0 Å². The zero-order chi connectivity index (χ0) is 13.0. The van der Waals surface area contributed by atoms with Crippen LogP contribution in [0.1, 0.15) is 18.1 Å². The normalized spacial score (nSPS) is 10.3. The lowest BCUT2D eigenvalue weighted by atomic mass is 10.1. The number of halogens is 1. The van der Waals surface area contributed by atoms with Crippen LogP contribution in [0.25, 0.3) is 0 Å². The molecule has 0 aliphatic rings. The van der Waals surface area contributed by atoms with E-state index < -0.39 is 0 Å². The summed E-state index contributed by atoms with van der Waals surface area (Å²) < 4.78 is 0. The van der Waals surface area contributed by atoms with E-state index in [1.807, 2.05) is 18.2 Å². The van der Waals surface area contributed by atoms with Crippen molar-refractivity contribution in [2.45, 2.75) is 19.9 Å². The van der Waals surface area contributed by atoms with Crippen LogP contribution in [0, 0.1) is 0 Å². The Hall–Kier alpha value is -1.81. The maximum Gasteiger partial charge on any atom is 0.271 e. The number of nitrogens with one attached hydrogen (secondary N) is 2. The Labute approximate surface area is 110 Å². The number of aromatic nitrogens is 2. The first kappa shape index (κ1) is 12.6. The molecule has 0 saturated carbocycles. The fourth-order valence-corrected chi connectivity index (χ4v) is 1.93. The van der Waals surface area contributed by atoms with Crippen molar-refractivity contribution < 1.29 is 0 Å². The number of aromatic amines is 1. The molecule has 2 aromatic rings. The standard InChI is InChI=1S/C13H14ClN3O/c1-2-9-5-3-4-6-10(9)7-15-12-11(14)13(18)17-8-16-12/h3-6,8H,2,7H2,1H3,(H2,15,16,17,18). The van der Waals surface area contributed by atoms with Crippen molar-refractivity contribution in [2.24, 2.45) is 0 Å². The average Bonchev–Trinajstić information content (AvgIpc) is 2.41. The lowest BCUT2D eigenvalue weighted by molar-refractivity contribution is 1.02. The van der Waals surface area contributed by atoms with Gasteiger partial charge in [0, 0.05) is 6.54 Å². The van der Waals surface area contributed by atoms with Crippen molar-refractivity contribution in [1.29, 1.82) is 0 Å². The largest absolute Gasteiger partial charge is 0.365 e.